The molecule has 1 aliphatic rings. The molecule has 2 aromatic rings. The second kappa shape index (κ2) is 9.64. The van der Waals surface area contributed by atoms with E-state index >= 15 is 0 Å². The zero-order chi connectivity index (χ0) is 20.0. The van der Waals surface area contributed by atoms with E-state index < -0.39 is 4.92 Å². The van der Waals surface area contributed by atoms with E-state index in [0.29, 0.717) is 29.4 Å². The van der Waals surface area contributed by atoms with Gasteiger partial charge in [0.05, 0.1) is 23.5 Å². The fourth-order valence-corrected chi connectivity index (χ4v) is 3.65. The molecule has 0 radical (unpaired) electrons. The van der Waals surface area contributed by atoms with Gasteiger partial charge in [-0.1, -0.05) is 29.8 Å². The summed E-state index contributed by atoms with van der Waals surface area (Å²) in [6.07, 6.45) is 4.23. The monoisotopic (exact) mass is 437 g/mol. The number of carbonyl (C=O) groups excluding carboxylic acids is 1. The second-order valence-corrected chi connectivity index (χ2v) is 7.07. The van der Waals surface area contributed by atoms with Gasteiger partial charge in [0.15, 0.2) is 0 Å². The van der Waals surface area contributed by atoms with Crippen molar-refractivity contribution in [3.8, 4) is 0 Å². The first kappa shape index (κ1) is 21.1. The quantitative estimate of drug-likeness (QED) is 0.407. The van der Waals surface area contributed by atoms with E-state index in [2.05, 4.69) is 26.2 Å². The number of halogens is 1. The van der Waals surface area contributed by atoms with Crippen molar-refractivity contribution in [3.05, 3.63) is 39.0 Å². The van der Waals surface area contributed by atoms with Crippen LogP contribution in [-0.2, 0) is 9.53 Å². The normalized spacial score (nSPS) is 19.0. The van der Waals surface area contributed by atoms with E-state index in [1.807, 2.05) is 32.0 Å². The Balaban J connectivity index is 0.00000126. The van der Waals surface area contributed by atoms with Crippen LogP contribution in [0, 0.1) is 16.0 Å². The zero-order valence-corrected chi connectivity index (χ0v) is 17.3. The number of esters is 1. The summed E-state index contributed by atoms with van der Waals surface area (Å²) in [5, 5.41) is 15.5. The summed E-state index contributed by atoms with van der Waals surface area (Å²) in [5.74, 6) is -0.260. The molecule has 0 bridgehead atoms. The molecule has 3 rings (SSSR count). The van der Waals surface area contributed by atoms with Gasteiger partial charge in [0, 0.05) is 15.9 Å². The van der Waals surface area contributed by atoms with Gasteiger partial charge in [-0.15, -0.1) is 0 Å². The van der Waals surface area contributed by atoms with Gasteiger partial charge in [0.1, 0.15) is 11.9 Å². The van der Waals surface area contributed by atoms with Gasteiger partial charge in [0.2, 0.25) is 0 Å². The lowest BCUT2D eigenvalue weighted by Crippen LogP contribution is -2.30. The van der Waals surface area contributed by atoms with Gasteiger partial charge in [-0.25, -0.2) is 4.98 Å². The molecule has 1 N–H and O–H groups in total. The standard InChI is InChI=1S/C17H18BrN3O4.C2H6/c1-25-17(22)10-2-5-12(6-3-10)20-16-13-8-11(18)4-7-14(13)19-9-15(16)21(23)24;1-2/h4,7-10,12H,2-3,5-6H2,1H3,(H,19,20);1-2H3. The maximum absolute atomic E-state index is 11.6. The van der Waals surface area contributed by atoms with Crippen LogP contribution in [0.5, 0.6) is 0 Å². The summed E-state index contributed by atoms with van der Waals surface area (Å²) in [4.78, 5) is 26.8. The first-order chi connectivity index (χ1) is 13.0. The Labute approximate surface area is 166 Å². The lowest BCUT2D eigenvalue weighted by molar-refractivity contribution is -0.384. The van der Waals surface area contributed by atoms with Gasteiger partial charge >= 0.3 is 11.7 Å². The first-order valence-electron chi connectivity index (χ1n) is 9.06. The van der Waals surface area contributed by atoms with E-state index in [0.717, 1.165) is 17.3 Å². The number of aromatic nitrogens is 1. The van der Waals surface area contributed by atoms with Crippen molar-refractivity contribution in [1.82, 2.24) is 4.98 Å². The molecule has 1 aromatic heterocycles. The van der Waals surface area contributed by atoms with E-state index in [9.17, 15) is 14.9 Å². The Morgan fingerprint density at radius 1 is 1.30 bits per heavy atom. The molecule has 27 heavy (non-hydrogen) atoms. The number of fused-ring (bicyclic) bond motifs is 1. The lowest BCUT2D eigenvalue weighted by Gasteiger charge is -2.28. The van der Waals surface area contributed by atoms with Crippen molar-refractivity contribution in [1.29, 1.82) is 0 Å². The van der Waals surface area contributed by atoms with Gasteiger partial charge in [0.25, 0.3) is 0 Å². The van der Waals surface area contributed by atoms with E-state index in [1.165, 1.54) is 13.3 Å². The minimum Gasteiger partial charge on any atom is -0.469 e. The Morgan fingerprint density at radius 2 is 1.96 bits per heavy atom. The molecule has 1 heterocycles. The molecule has 1 aliphatic carbocycles. The molecule has 1 saturated carbocycles. The zero-order valence-electron chi connectivity index (χ0n) is 15.7. The average Bonchev–Trinajstić information content (AvgIpc) is 2.69. The third-order valence-corrected chi connectivity index (χ3v) is 5.11. The first-order valence-corrected chi connectivity index (χ1v) is 9.86. The number of pyridine rings is 1. The molecule has 7 nitrogen and oxygen atoms in total. The molecule has 1 fully saturated rings. The van der Waals surface area contributed by atoms with Crippen molar-refractivity contribution in [2.75, 3.05) is 12.4 Å². The summed E-state index contributed by atoms with van der Waals surface area (Å²) in [6, 6.07) is 5.58. The van der Waals surface area contributed by atoms with Crippen molar-refractivity contribution in [2.45, 2.75) is 45.6 Å². The van der Waals surface area contributed by atoms with E-state index in [-0.39, 0.29) is 23.6 Å². The number of hydrogen-bond donors (Lipinski definition) is 1. The number of hydrogen-bond acceptors (Lipinski definition) is 6. The van der Waals surface area contributed by atoms with E-state index in [4.69, 9.17) is 4.74 Å². The number of methoxy groups -OCH3 is 1. The van der Waals surface area contributed by atoms with Crippen LogP contribution in [-0.4, -0.2) is 29.0 Å². The number of nitrogens with one attached hydrogen (secondary N) is 1. The van der Waals surface area contributed by atoms with Crippen LogP contribution in [0.3, 0.4) is 0 Å². The van der Waals surface area contributed by atoms with Gasteiger partial charge in [-0.3, -0.25) is 14.9 Å². The highest BCUT2D eigenvalue weighted by Gasteiger charge is 2.28. The summed E-state index contributed by atoms with van der Waals surface area (Å²) >= 11 is 3.41. The van der Waals surface area contributed by atoms with Crippen LogP contribution in [0.15, 0.2) is 28.9 Å². The third-order valence-electron chi connectivity index (χ3n) is 4.62. The number of rotatable bonds is 4. The Morgan fingerprint density at radius 3 is 2.56 bits per heavy atom. The van der Waals surface area contributed by atoms with Gasteiger partial charge in [-0.05, 0) is 43.9 Å². The van der Waals surface area contributed by atoms with Crippen molar-refractivity contribution < 1.29 is 14.5 Å². The van der Waals surface area contributed by atoms with Crippen LogP contribution in [0.2, 0.25) is 0 Å². The van der Waals surface area contributed by atoms with Gasteiger partial charge < -0.3 is 10.1 Å². The average molecular weight is 438 g/mol. The Hall–Kier alpha value is -2.22. The number of carbonyl (C=O) groups is 1. The highest BCUT2D eigenvalue weighted by atomic mass is 79.9. The molecule has 0 spiro atoms. The number of nitrogens with zero attached hydrogens (tertiary/aromatic N) is 2. The predicted octanol–water partition coefficient (Wildman–Crippen LogP) is 5.08. The molecule has 1 aromatic carbocycles. The molecule has 0 atom stereocenters. The van der Waals surface area contributed by atoms with Crippen LogP contribution in [0.1, 0.15) is 39.5 Å². The highest BCUT2D eigenvalue weighted by molar-refractivity contribution is 9.10. The van der Waals surface area contributed by atoms with Crippen LogP contribution in [0.4, 0.5) is 11.4 Å². The molecule has 0 aliphatic heterocycles. The second-order valence-electron chi connectivity index (χ2n) is 6.15. The summed E-state index contributed by atoms with van der Waals surface area (Å²) < 4.78 is 5.64. The molecule has 0 amide bonds. The Bertz CT molecular complexity index is 820. The summed E-state index contributed by atoms with van der Waals surface area (Å²) in [5.41, 5.74) is 1.14. The van der Waals surface area contributed by atoms with Gasteiger partial charge in [-0.2, -0.15) is 0 Å². The smallest absolute Gasteiger partial charge is 0.311 e. The minimum absolute atomic E-state index is 0.0410. The largest absolute Gasteiger partial charge is 0.469 e. The number of benzene rings is 1. The minimum atomic E-state index is -0.421. The number of anilines is 1. The van der Waals surface area contributed by atoms with Crippen LogP contribution < -0.4 is 5.32 Å². The van der Waals surface area contributed by atoms with Crippen LogP contribution >= 0.6 is 15.9 Å². The van der Waals surface area contributed by atoms with Crippen molar-refractivity contribution in [3.63, 3.8) is 0 Å². The predicted molar refractivity (Wildman–Crippen MR) is 109 cm³/mol. The van der Waals surface area contributed by atoms with Crippen LogP contribution in [0.25, 0.3) is 10.9 Å². The van der Waals surface area contributed by atoms with Crippen molar-refractivity contribution >= 4 is 44.2 Å². The molecule has 8 heteroatoms. The number of ether oxygens (including phenoxy) is 1. The summed E-state index contributed by atoms with van der Waals surface area (Å²) in [7, 11) is 1.40. The maximum Gasteiger partial charge on any atom is 0.311 e. The number of nitro groups is 1. The van der Waals surface area contributed by atoms with Crippen molar-refractivity contribution in [2.24, 2.45) is 5.92 Å². The molecule has 0 unspecified atom stereocenters. The SMILES string of the molecule is CC.COC(=O)C1CCC(Nc2c([N+](=O)[O-])cnc3ccc(Br)cc23)CC1. The maximum atomic E-state index is 11.6. The highest BCUT2D eigenvalue weighted by Crippen LogP contribution is 2.36. The summed E-state index contributed by atoms with van der Waals surface area (Å²) in [6.45, 7) is 4.00. The molecular weight excluding hydrogens is 414 g/mol. The lowest BCUT2D eigenvalue weighted by atomic mass is 9.86. The molecule has 146 valence electrons. The molecule has 0 saturated heterocycles. The Kier molecular flexibility index (Phi) is 7.53. The third kappa shape index (κ3) is 4.94. The topological polar surface area (TPSA) is 94.4 Å². The molecular formula is C19H24BrN3O4. The van der Waals surface area contributed by atoms with E-state index in [1.54, 1.807) is 0 Å². The fraction of sp³-hybridized carbons (Fsp3) is 0.474. The fourth-order valence-electron chi connectivity index (χ4n) is 3.29.